The van der Waals surface area contributed by atoms with Crippen molar-refractivity contribution in [2.75, 3.05) is 4.90 Å². The minimum absolute atomic E-state index is 0.425. The van der Waals surface area contributed by atoms with Crippen LogP contribution in [0.25, 0.3) is 72.0 Å². The van der Waals surface area contributed by atoms with Gasteiger partial charge in [0, 0.05) is 33.5 Å². The van der Waals surface area contributed by atoms with Crippen molar-refractivity contribution in [2.45, 2.75) is 18.8 Å². The number of anilines is 3. The zero-order valence-corrected chi connectivity index (χ0v) is 35.6. The monoisotopic (exact) mass is 816 g/mol. The standard InChI is InChI=1S/C62H44N2/c1-41-14-13-17-48(38-41)64-60-25-12-8-21-54(60)55-39-45(30-37-61(55)64)44-28-33-47(34-29-44)63(46-31-26-43(27-32-46)42-15-3-2-4-16-42)49-35-36-53-52-20-7-11-24-58(52)62(59(53)40-49)56-22-9-5-18-50(56)51-19-6-10-23-57(51)62/h2-13,15-41H,14H2,1H3. The van der Waals surface area contributed by atoms with Crippen LogP contribution in [0.15, 0.2) is 231 Å². The summed E-state index contributed by atoms with van der Waals surface area (Å²) in [6.07, 6.45) is 8.08. The van der Waals surface area contributed by atoms with Gasteiger partial charge in [-0.2, -0.15) is 0 Å². The molecule has 0 saturated carbocycles. The Balaban J connectivity index is 0.961. The molecule has 10 aromatic rings. The van der Waals surface area contributed by atoms with Crippen LogP contribution in [0.1, 0.15) is 35.6 Å². The molecule has 1 spiro atoms. The highest BCUT2D eigenvalue weighted by atomic mass is 15.1. The molecule has 0 N–H and O–H groups in total. The Bertz CT molecular complexity index is 3470. The molecule has 64 heavy (non-hydrogen) atoms. The fraction of sp³-hybridized carbons (Fsp3) is 0.0645. The molecular weight excluding hydrogens is 773 g/mol. The van der Waals surface area contributed by atoms with E-state index >= 15 is 0 Å². The third-order valence-electron chi connectivity index (χ3n) is 14.1. The Hall–Kier alpha value is -7.94. The van der Waals surface area contributed by atoms with Crippen LogP contribution >= 0.6 is 0 Å². The number of rotatable bonds is 6. The van der Waals surface area contributed by atoms with Crippen LogP contribution in [0, 0.1) is 5.92 Å². The van der Waals surface area contributed by atoms with Crippen molar-refractivity contribution >= 4 is 44.6 Å². The number of fused-ring (bicyclic) bond motifs is 13. The van der Waals surface area contributed by atoms with Gasteiger partial charge in [0.15, 0.2) is 0 Å². The molecule has 0 amide bonds. The summed E-state index contributed by atoms with van der Waals surface area (Å²) in [4.78, 5) is 2.44. The zero-order chi connectivity index (χ0) is 42.4. The second-order valence-corrected chi connectivity index (χ2v) is 17.7. The Kier molecular flexibility index (Phi) is 8.20. The molecule has 302 valence electrons. The van der Waals surface area contributed by atoms with Gasteiger partial charge in [-0.15, -0.1) is 0 Å². The summed E-state index contributed by atoms with van der Waals surface area (Å²) in [5.74, 6) is 0.515. The van der Waals surface area contributed by atoms with Crippen LogP contribution in [-0.4, -0.2) is 4.57 Å². The second kappa shape index (κ2) is 14.3. The molecule has 0 saturated heterocycles. The molecule has 1 aromatic heterocycles. The van der Waals surface area contributed by atoms with Crippen molar-refractivity contribution in [1.82, 2.24) is 4.57 Å². The van der Waals surface area contributed by atoms with Gasteiger partial charge in [-0.05, 0) is 140 Å². The second-order valence-electron chi connectivity index (χ2n) is 17.7. The first-order valence-corrected chi connectivity index (χ1v) is 22.6. The number of para-hydroxylation sites is 1. The summed E-state index contributed by atoms with van der Waals surface area (Å²) in [7, 11) is 0. The number of nitrogens with zero attached hydrogens (tertiary/aromatic N) is 2. The van der Waals surface area contributed by atoms with Gasteiger partial charge in [0.2, 0.25) is 0 Å². The molecular formula is C62H44N2. The predicted octanol–water partition coefficient (Wildman–Crippen LogP) is 16.4. The van der Waals surface area contributed by atoms with Crippen LogP contribution in [0.5, 0.6) is 0 Å². The number of benzene rings is 9. The van der Waals surface area contributed by atoms with Crippen molar-refractivity contribution in [3.05, 3.63) is 253 Å². The molecule has 0 bridgehead atoms. The maximum absolute atomic E-state index is 2.48. The van der Waals surface area contributed by atoms with Gasteiger partial charge in [0.25, 0.3) is 0 Å². The van der Waals surface area contributed by atoms with Crippen molar-refractivity contribution in [1.29, 1.82) is 0 Å². The molecule has 1 unspecified atom stereocenters. The molecule has 1 heterocycles. The molecule has 0 aliphatic heterocycles. The normalized spacial score (nSPS) is 15.2. The van der Waals surface area contributed by atoms with E-state index in [1.165, 1.54) is 94.3 Å². The van der Waals surface area contributed by atoms with Gasteiger partial charge < -0.3 is 9.47 Å². The molecule has 0 radical (unpaired) electrons. The quantitative estimate of drug-likeness (QED) is 0.162. The number of aromatic nitrogens is 1. The third-order valence-corrected chi connectivity index (χ3v) is 14.1. The van der Waals surface area contributed by atoms with Gasteiger partial charge in [0.05, 0.1) is 16.4 Å². The van der Waals surface area contributed by atoms with Crippen LogP contribution < -0.4 is 4.90 Å². The summed E-state index contributed by atoms with van der Waals surface area (Å²) in [5, 5.41) is 2.55. The van der Waals surface area contributed by atoms with Crippen LogP contribution in [-0.2, 0) is 5.41 Å². The fourth-order valence-electron chi connectivity index (χ4n) is 11.3. The lowest BCUT2D eigenvalue weighted by atomic mass is 9.70. The van der Waals surface area contributed by atoms with Crippen molar-refractivity contribution in [2.24, 2.45) is 5.92 Å². The first-order chi connectivity index (χ1) is 31.6. The van der Waals surface area contributed by atoms with Crippen molar-refractivity contribution < 1.29 is 0 Å². The Morgan fingerprint density at radius 3 is 1.56 bits per heavy atom. The van der Waals surface area contributed by atoms with Crippen LogP contribution in [0.3, 0.4) is 0 Å². The zero-order valence-electron chi connectivity index (χ0n) is 35.6. The fourth-order valence-corrected chi connectivity index (χ4v) is 11.3. The van der Waals surface area contributed by atoms with Gasteiger partial charge in [-0.1, -0.05) is 177 Å². The summed E-state index contributed by atoms with van der Waals surface area (Å²) in [5.41, 5.74) is 22.1. The Labute approximate surface area is 374 Å². The minimum Gasteiger partial charge on any atom is -0.310 e. The van der Waals surface area contributed by atoms with E-state index in [4.69, 9.17) is 0 Å². The van der Waals surface area contributed by atoms with E-state index in [1.54, 1.807) is 0 Å². The van der Waals surface area contributed by atoms with Gasteiger partial charge in [0.1, 0.15) is 0 Å². The van der Waals surface area contributed by atoms with E-state index in [-0.39, 0.29) is 0 Å². The molecule has 2 nitrogen and oxygen atoms in total. The van der Waals surface area contributed by atoms with E-state index in [2.05, 4.69) is 247 Å². The first kappa shape index (κ1) is 36.7. The minimum atomic E-state index is -0.425. The van der Waals surface area contributed by atoms with Gasteiger partial charge in [-0.3, -0.25) is 0 Å². The number of hydrogen-bond donors (Lipinski definition) is 0. The topological polar surface area (TPSA) is 8.17 Å². The van der Waals surface area contributed by atoms with E-state index in [9.17, 15) is 0 Å². The first-order valence-electron chi connectivity index (χ1n) is 22.6. The number of hydrogen-bond acceptors (Lipinski definition) is 1. The molecule has 2 heteroatoms. The maximum atomic E-state index is 2.48. The average molecular weight is 817 g/mol. The van der Waals surface area contributed by atoms with Crippen molar-refractivity contribution in [3.63, 3.8) is 0 Å². The predicted molar refractivity (Wildman–Crippen MR) is 268 cm³/mol. The van der Waals surface area contributed by atoms with Crippen LogP contribution in [0.2, 0.25) is 0 Å². The Morgan fingerprint density at radius 2 is 0.922 bits per heavy atom. The SMILES string of the molecule is CC1C=C(n2c3ccccc3c3cc(-c4ccc(N(c5ccc(-c6ccccc6)cc5)c5ccc6c(c5)C5(c7ccccc7-c7ccccc75)c5ccccc5-6)cc4)ccc32)C=CC1. The number of allylic oxidation sites excluding steroid dienone is 4. The van der Waals surface area contributed by atoms with Gasteiger partial charge in [-0.25, -0.2) is 0 Å². The van der Waals surface area contributed by atoms with E-state index in [0.717, 1.165) is 23.5 Å². The van der Waals surface area contributed by atoms with E-state index in [1.807, 2.05) is 0 Å². The van der Waals surface area contributed by atoms with E-state index < -0.39 is 5.41 Å². The smallest absolute Gasteiger partial charge is 0.0726 e. The molecule has 0 fully saturated rings. The van der Waals surface area contributed by atoms with Gasteiger partial charge >= 0.3 is 0 Å². The molecule has 13 rings (SSSR count). The maximum Gasteiger partial charge on any atom is 0.0726 e. The summed E-state index contributed by atoms with van der Waals surface area (Å²) >= 11 is 0. The molecule has 9 aromatic carbocycles. The molecule has 3 aliphatic carbocycles. The summed E-state index contributed by atoms with van der Waals surface area (Å²) in [6.45, 7) is 2.30. The van der Waals surface area contributed by atoms with E-state index in [0.29, 0.717) is 5.92 Å². The highest BCUT2D eigenvalue weighted by Crippen LogP contribution is 2.63. The third kappa shape index (κ3) is 5.39. The molecule has 3 aliphatic rings. The largest absolute Gasteiger partial charge is 0.310 e. The van der Waals surface area contributed by atoms with Crippen molar-refractivity contribution in [3.8, 4) is 44.5 Å². The average Bonchev–Trinajstić information content (AvgIpc) is 3.96. The Morgan fingerprint density at radius 1 is 0.422 bits per heavy atom. The summed E-state index contributed by atoms with van der Waals surface area (Å²) in [6, 6.07) is 79.0. The summed E-state index contributed by atoms with van der Waals surface area (Å²) < 4.78 is 2.44. The lowest BCUT2D eigenvalue weighted by Gasteiger charge is -2.32. The van der Waals surface area contributed by atoms with Crippen LogP contribution in [0.4, 0.5) is 17.1 Å². The lowest BCUT2D eigenvalue weighted by molar-refractivity contribution is 0.735. The lowest BCUT2D eigenvalue weighted by Crippen LogP contribution is -2.26. The molecule has 1 atom stereocenters. The highest BCUT2D eigenvalue weighted by Gasteiger charge is 2.51. The highest BCUT2D eigenvalue weighted by molar-refractivity contribution is 6.11.